The van der Waals surface area contributed by atoms with Gasteiger partial charge >= 0.3 is 35.6 Å². The summed E-state index contributed by atoms with van der Waals surface area (Å²) in [4.78, 5) is 0. The first-order valence-electron chi connectivity index (χ1n) is 10.9. The van der Waals surface area contributed by atoms with Crippen LogP contribution in [-0.2, 0) is 17.0 Å². The standard InChI is InChI=1S/C21H38N2.2ClH.Ti/c1-15-8-11-18(12-9-15)22-20-6-4-5-7-21(20)23-19-13-10-16(2)14-17(19)3;;;/h15-21H,4-14H2,1-3H3;2*1H;/q-2;;;+2/p-2. The van der Waals surface area contributed by atoms with Crippen LogP contribution < -0.4 is 0 Å². The molecule has 3 aliphatic carbocycles. The summed E-state index contributed by atoms with van der Waals surface area (Å²) in [6.45, 7) is 7.25. The van der Waals surface area contributed by atoms with Gasteiger partial charge in [0.15, 0.2) is 0 Å². The molecule has 0 aliphatic heterocycles. The van der Waals surface area contributed by atoms with Crippen LogP contribution in [0.3, 0.4) is 0 Å². The molecule has 3 aliphatic rings. The number of hydrogen-bond donors (Lipinski definition) is 0. The van der Waals surface area contributed by atoms with Crippen molar-refractivity contribution < 1.29 is 17.0 Å². The van der Waals surface area contributed by atoms with Crippen molar-refractivity contribution in [2.45, 2.75) is 116 Å². The van der Waals surface area contributed by atoms with Crippen molar-refractivity contribution in [3.63, 3.8) is 0 Å². The summed E-state index contributed by atoms with van der Waals surface area (Å²) in [6, 6.07) is 2.37. The van der Waals surface area contributed by atoms with Gasteiger partial charge in [0.05, 0.1) is 0 Å². The summed E-state index contributed by atoms with van der Waals surface area (Å²) in [5, 5.41) is 10.7. The van der Waals surface area contributed by atoms with Crippen LogP contribution in [0.25, 0.3) is 10.6 Å². The van der Waals surface area contributed by atoms with E-state index in [0.717, 1.165) is 17.8 Å². The first-order chi connectivity index (χ1) is 12.5. The number of rotatable bonds is 4. The SMILES string of the molecule is CC1CCC([N-]C2CCCCC2[N-]C2CCC(C)CC2C)CC1.[Cl][Ti][Cl]. The molecule has 0 bridgehead atoms. The Balaban J connectivity index is 0.000000758. The Bertz CT molecular complexity index is 377. The fourth-order valence-electron chi connectivity index (χ4n) is 5.22. The average molecular weight is 437 g/mol. The van der Waals surface area contributed by atoms with E-state index in [1.165, 1.54) is 70.6 Å². The molecule has 0 aromatic carbocycles. The van der Waals surface area contributed by atoms with Crippen molar-refractivity contribution in [1.29, 1.82) is 0 Å². The van der Waals surface area contributed by atoms with Crippen LogP contribution in [0.15, 0.2) is 0 Å². The minimum atomic E-state index is -0.556. The molecule has 3 rings (SSSR count). The van der Waals surface area contributed by atoms with Crippen LogP contribution in [0.5, 0.6) is 0 Å². The van der Waals surface area contributed by atoms with Crippen molar-refractivity contribution >= 4 is 18.6 Å². The minimum absolute atomic E-state index is 0.545. The molecule has 5 unspecified atom stereocenters. The summed E-state index contributed by atoms with van der Waals surface area (Å²) < 4.78 is 0. The van der Waals surface area contributed by atoms with Gasteiger partial charge in [-0.25, -0.2) is 0 Å². The summed E-state index contributed by atoms with van der Waals surface area (Å²) in [5.74, 6) is 2.63. The quantitative estimate of drug-likeness (QED) is 0.401. The molecule has 152 valence electrons. The van der Waals surface area contributed by atoms with Gasteiger partial charge in [-0.05, 0) is 18.3 Å². The van der Waals surface area contributed by atoms with Gasteiger partial charge < -0.3 is 10.6 Å². The molecule has 0 aromatic rings. The van der Waals surface area contributed by atoms with E-state index in [4.69, 9.17) is 29.2 Å². The Morgan fingerprint density at radius 3 is 1.77 bits per heavy atom. The zero-order valence-electron chi connectivity index (χ0n) is 17.0. The van der Waals surface area contributed by atoms with E-state index in [9.17, 15) is 0 Å². The van der Waals surface area contributed by atoms with Crippen molar-refractivity contribution in [2.75, 3.05) is 0 Å². The zero-order chi connectivity index (χ0) is 18.9. The van der Waals surface area contributed by atoms with E-state index in [-0.39, 0.29) is 0 Å². The molecule has 2 nitrogen and oxygen atoms in total. The first-order valence-corrected chi connectivity index (χ1v) is 15.2. The second-order valence-electron chi connectivity index (χ2n) is 9.17. The van der Waals surface area contributed by atoms with Crippen molar-refractivity contribution in [3.05, 3.63) is 10.6 Å². The molecule has 0 radical (unpaired) electrons. The van der Waals surface area contributed by atoms with Crippen LogP contribution in [0.4, 0.5) is 0 Å². The Morgan fingerprint density at radius 1 is 0.654 bits per heavy atom. The van der Waals surface area contributed by atoms with E-state index < -0.39 is 17.0 Å². The summed E-state index contributed by atoms with van der Waals surface area (Å²) in [7, 11) is 9.78. The zero-order valence-corrected chi connectivity index (χ0v) is 20.0. The predicted molar refractivity (Wildman–Crippen MR) is 112 cm³/mol. The molecular weight excluding hydrogens is 399 g/mol. The Hall–Kier alpha value is 1.21. The number of hydrogen-bond acceptors (Lipinski definition) is 0. The molecule has 3 saturated carbocycles. The second-order valence-corrected chi connectivity index (χ2v) is 11.7. The molecule has 0 saturated heterocycles. The van der Waals surface area contributed by atoms with Crippen LogP contribution >= 0.6 is 18.6 Å². The van der Waals surface area contributed by atoms with Gasteiger partial charge in [-0.1, -0.05) is 90.9 Å². The van der Waals surface area contributed by atoms with Crippen molar-refractivity contribution in [2.24, 2.45) is 17.8 Å². The van der Waals surface area contributed by atoms with Gasteiger partial charge in [0.1, 0.15) is 0 Å². The fraction of sp³-hybridized carbons (Fsp3) is 1.00. The average Bonchev–Trinajstić information content (AvgIpc) is 2.61. The second kappa shape index (κ2) is 12.7. The van der Waals surface area contributed by atoms with E-state index in [0.29, 0.717) is 24.2 Å². The maximum absolute atomic E-state index is 5.38. The van der Waals surface area contributed by atoms with Crippen LogP contribution in [-0.4, -0.2) is 24.2 Å². The van der Waals surface area contributed by atoms with Gasteiger partial charge in [-0.3, -0.25) is 0 Å². The van der Waals surface area contributed by atoms with Crippen molar-refractivity contribution in [1.82, 2.24) is 0 Å². The Morgan fingerprint density at radius 2 is 1.19 bits per heavy atom. The van der Waals surface area contributed by atoms with E-state index >= 15 is 0 Å². The van der Waals surface area contributed by atoms with Gasteiger partial charge in [0.25, 0.3) is 0 Å². The third-order valence-corrected chi connectivity index (χ3v) is 6.85. The molecule has 5 atom stereocenters. The van der Waals surface area contributed by atoms with Gasteiger partial charge in [0, 0.05) is 0 Å². The Labute approximate surface area is 179 Å². The molecule has 0 aromatic heterocycles. The predicted octanol–water partition coefficient (Wildman–Crippen LogP) is 7.82. The maximum atomic E-state index is 5.38. The van der Waals surface area contributed by atoms with E-state index in [1.54, 1.807) is 0 Å². The van der Waals surface area contributed by atoms with E-state index in [2.05, 4.69) is 20.8 Å². The van der Waals surface area contributed by atoms with Crippen LogP contribution in [0.1, 0.15) is 91.4 Å². The summed E-state index contributed by atoms with van der Waals surface area (Å²) in [6.07, 6.45) is 14.9. The fourth-order valence-corrected chi connectivity index (χ4v) is 5.22. The van der Waals surface area contributed by atoms with Gasteiger partial charge in [-0.15, -0.1) is 12.1 Å². The number of nitrogens with zero attached hydrogens (tertiary/aromatic N) is 2. The van der Waals surface area contributed by atoms with Crippen LogP contribution in [0, 0.1) is 17.8 Å². The number of halogens is 2. The van der Waals surface area contributed by atoms with Gasteiger partial charge in [0.2, 0.25) is 0 Å². The Kier molecular flexibility index (Phi) is 11.5. The molecule has 26 heavy (non-hydrogen) atoms. The first kappa shape index (κ1) is 23.5. The molecule has 3 fully saturated rings. The van der Waals surface area contributed by atoms with Crippen LogP contribution in [0.2, 0.25) is 0 Å². The molecular formula is C21H38Cl2N2Ti-2. The molecule has 0 heterocycles. The monoisotopic (exact) mass is 436 g/mol. The third-order valence-electron chi connectivity index (χ3n) is 6.85. The van der Waals surface area contributed by atoms with Gasteiger partial charge in [-0.2, -0.15) is 12.1 Å². The topological polar surface area (TPSA) is 28.2 Å². The molecule has 0 N–H and O–H groups in total. The van der Waals surface area contributed by atoms with Crippen molar-refractivity contribution in [3.8, 4) is 0 Å². The summed E-state index contributed by atoms with van der Waals surface area (Å²) >= 11 is -0.556. The molecule has 5 heteroatoms. The summed E-state index contributed by atoms with van der Waals surface area (Å²) in [5.41, 5.74) is 0. The third kappa shape index (κ3) is 7.92. The normalized spacial score (nSPS) is 41.0. The molecule has 0 spiro atoms. The molecule has 0 amide bonds. The van der Waals surface area contributed by atoms with E-state index in [1.807, 2.05) is 0 Å².